The summed E-state index contributed by atoms with van der Waals surface area (Å²) in [4.78, 5) is 1.38. The van der Waals surface area contributed by atoms with Crippen LogP contribution >= 0.6 is 11.8 Å². The predicted molar refractivity (Wildman–Crippen MR) is 94.2 cm³/mol. The van der Waals surface area contributed by atoms with Gasteiger partial charge in [-0.3, -0.25) is 0 Å². The van der Waals surface area contributed by atoms with Gasteiger partial charge >= 0.3 is 0 Å². The van der Waals surface area contributed by atoms with Crippen LogP contribution in [-0.4, -0.2) is 12.3 Å². The normalized spacial score (nSPS) is 12.4. The first-order chi connectivity index (χ1) is 10.1. The van der Waals surface area contributed by atoms with E-state index in [4.69, 9.17) is 0 Å². The van der Waals surface area contributed by atoms with Crippen LogP contribution in [0, 0.1) is 20.8 Å². The number of thioether (sulfide) groups is 1. The van der Waals surface area contributed by atoms with Crippen molar-refractivity contribution >= 4 is 11.8 Å². The van der Waals surface area contributed by atoms with Crippen molar-refractivity contribution < 1.29 is 0 Å². The fourth-order valence-electron chi connectivity index (χ4n) is 2.39. The second-order valence-corrected chi connectivity index (χ2v) is 6.59. The first-order valence-electron chi connectivity index (χ1n) is 7.60. The lowest BCUT2D eigenvalue weighted by Crippen LogP contribution is -2.23. The molecule has 0 fully saturated rings. The first-order valence-corrected chi connectivity index (χ1v) is 8.59. The molecule has 0 heterocycles. The van der Waals surface area contributed by atoms with E-state index in [0.717, 1.165) is 12.3 Å². The molecule has 1 nitrogen and oxygen atoms in total. The molecule has 0 bridgehead atoms. The van der Waals surface area contributed by atoms with Gasteiger partial charge in [0.15, 0.2) is 0 Å². The third kappa shape index (κ3) is 4.36. The fraction of sp³-hybridized carbons (Fsp3) is 0.368. The van der Waals surface area contributed by atoms with Crippen molar-refractivity contribution in [3.05, 3.63) is 64.7 Å². The van der Waals surface area contributed by atoms with Crippen molar-refractivity contribution in [1.82, 2.24) is 5.32 Å². The number of hydrogen-bond donors (Lipinski definition) is 1. The highest BCUT2D eigenvalue weighted by atomic mass is 32.2. The maximum Gasteiger partial charge on any atom is 0.0415 e. The summed E-state index contributed by atoms with van der Waals surface area (Å²) in [6.07, 6.45) is 0. The van der Waals surface area contributed by atoms with Crippen LogP contribution in [0.2, 0.25) is 0 Å². The minimum Gasteiger partial charge on any atom is -0.309 e. The van der Waals surface area contributed by atoms with Gasteiger partial charge in [-0.05, 0) is 55.6 Å². The van der Waals surface area contributed by atoms with Crippen LogP contribution in [0.1, 0.15) is 35.2 Å². The third-order valence-electron chi connectivity index (χ3n) is 3.88. The number of hydrogen-bond acceptors (Lipinski definition) is 2. The van der Waals surface area contributed by atoms with Crippen LogP contribution in [0.25, 0.3) is 0 Å². The van der Waals surface area contributed by atoms with E-state index in [2.05, 4.69) is 75.5 Å². The van der Waals surface area contributed by atoms with Crippen LogP contribution in [0.5, 0.6) is 0 Å². The van der Waals surface area contributed by atoms with Crippen LogP contribution in [0.4, 0.5) is 0 Å². The van der Waals surface area contributed by atoms with Crippen molar-refractivity contribution in [2.75, 3.05) is 12.3 Å². The monoisotopic (exact) mass is 299 g/mol. The van der Waals surface area contributed by atoms with E-state index in [1.54, 1.807) is 0 Å². The summed E-state index contributed by atoms with van der Waals surface area (Å²) < 4.78 is 0. The summed E-state index contributed by atoms with van der Waals surface area (Å²) in [7, 11) is 0. The molecule has 0 radical (unpaired) electrons. The van der Waals surface area contributed by atoms with Crippen molar-refractivity contribution in [3.8, 4) is 0 Å². The lowest BCUT2D eigenvalue weighted by molar-refractivity contribution is 0.605. The van der Waals surface area contributed by atoms with E-state index in [1.807, 2.05) is 11.8 Å². The second-order valence-electron chi connectivity index (χ2n) is 5.53. The molecule has 0 aromatic heterocycles. The Balaban J connectivity index is 2.12. The molecule has 2 rings (SSSR count). The van der Waals surface area contributed by atoms with Gasteiger partial charge in [0.1, 0.15) is 0 Å². The Hall–Kier alpha value is -1.25. The molecule has 112 valence electrons. The van der Waals surface area contributed by atoms with Gasteiger partial charge in [-0.25, -0.2) is 0 Å². The molecule has 1 N–H and O–H groups in total. The summed E-state index contributed by atoms with van der Waals surface area (Å²) in [6, 6.07) is 15.8. The Morgan fingerprint density at radius 2 is 1.71 bits per heavy atom. The fourth-order valence-corrected chi connectivity index (χ4v) is 3.52. The van der Waals surface area contributed by atoms with E-state index in [0.29, 0.717) is 6.04 Å². The van der Waals surface area contributed by atoms with E-state index in [-0.39, 0.29) is 0 Å². The highest BCUT2D eigenvalue weighted by molar-refractivity contribution is 7.99. The van der Waals surface area contributed by atoms with Gasteiger partial charge in [-0.15, -0.1) is 11.8 Å². The Morgan fingerprint density at radius 1 is 0.952 bits per heavy atom. The van der Waals surface area contributed by atoms with Crippen LogP contribution in [-0.2, 0) is 0 Å². The van der Waals surface area contributed by atoms with Crippen LogP contribution in [0.3, 0.4) is 0 Å². The summed E-state index contributed by atoms with van der Waals surface area (Å²) in [5.74, 6) is 1.06. The van der Waals surface area contributed by atoms with Crippen LogP contribution in [0.15, 0.2) is 47.4 Å². The molecule has 0 aliphatic rings. The molecule has 1 atom stereocenters. The third-order valence-corrected chi connectivity index (χ3v) is 5.15. The summed E-state index contributed by atoms with van der Waals surface area (Å²) in [5.41, 5.74) is 5.48. The minimum absolute atomic E-state index is 0.402. The van der Waals surface area contributed by atoms with Gasteiger partial charge in [-0.1, -0.05) is 43.3 Å². The summed E-state index contributed by atoms with van der Waals surface area (Å²) in [6.45, 7) is 9.71. The molecule has 2 aromatic rings. The molecular weight excluding hydrogens is 274 g/mol. The molecule has 0 saturated carbocycles. The topological polar surface area (TPSA) is 12.0 Å². The van der Waals surface area contributed by atoms with Crippen molar-refractivity contribution in [2.45, 2.75) is 38.6 Å². The lowest BCUT2D eigenvalue weighted by atomic mass is 10.0. The SMILES string of the molecule is CCNC(CSc1ccccc1C)c1ccc(C)c(C)c1. The molecule has 0 aliphatic carbocycles. The Bertz CT molecular complexity index is 592. The van der Waals surface area contributed by atoms with Gasteiger partial charge in [0, 0.05) is 16.7 Å². The highest BCUT2D eigenvalue weighted by Crippen LogP contribution is 2.27. The average molecular weight is 299 g/mol. The van der Waals surface area contributed by atoms with Gasteiger partial charge in [0.2, 0.25) is 0 Å². The number of aryl methyl sites for hydroxylation is 3. The van der Waals surface area contributed by atoms with Gasteiger partial charge in [0.05, 0.1) is 0 Å². The molecule has 1 unspecified atom stereocenters. The maximum absolute atomic E-state index is 3.61. The zero-order valence-electron chi connectivity index (χ0n) is 13.4. The quantitative estimate of drug-likeness (QED) is 0.749. The van der Waals surface area contributed by atoms with Gasteiger partial charge in [-0.2, -0.15) is 0 Å². The van der Waals surface area contributed by atoms with E-state index >= 15 is 0 Å². The van der Waals surface area contributed by atoms with Crippen LogP contribution < -0.4 is 5.32 Å². The standard InChI is InChI=1S/C19H25NS/c1-5-20-18(17-11-10-14(2)16(4)12-17)13-21-19-9-7-6-8-15(19)3/h6-12,18,20H,5,13H2,1-4H3. The van der Waals surface area contributed by atoms with Gasteiger partial charge in [0.25, 0.3) is 0 Å². The van der Waals surface area contributed by atoms with Crippen molar-refractivity contribution in [3.63, 3.8) is 0 Å². The Morgan fingerprint density at radius 3 is 2.38 bits per heavy atom. The number of benzene rings is 2. The lowest BCUT2D eigenvalue weighted by Gasteiger charge is -2.19. The van der Waals surface area contributed by atoms with E-state index in [9.17, 15) is 0 Å². The molecule has 2 aromatic carbocycles. The molecule has 0 aliphatic heterocycles. The minimum atomic E-state index is 0.402. The molecule has 21 heavy (non-hydrogen) atoms. The second kappa shape index (κ2) is 7.67. The molecule has 0 saturated heterocycles. The number of nitrogens with one attached hydrogen (secondary N) is 1. The van der Waals surface area contributed by atoms with E-state index in [1.165, 1.54) is 27.1 Å². The predicted octanol–water partition coefficient (Wildman–Crippen LogP) is 5.05. The Kier molecular flexibility index (Phi) is 5.89. The van der Waals surface area contributed by atoms with Gasteiger partial charge < -0.3 is 5.32 Å². The largest absolute Gasteiger partial charge is 0.309 e. The van der Waals surface area contributed by atoms with Crippen molar-refractivity contribution in [1.29, 1.82) is 0 Å². The zero-order valence-corrected chi connectivity index (χ0v) is 14.3. The molecule has 0 spiro atoms. The smallest absolute Gasteiger partial charge is 0.0415 e. The molecule has 2 heteroatoms. The number of rotatable bonds is 6. The molecule has 0 amide bonds. The average Bonchev–Trinajstić information content (AvgIpc) is 2.48. The Labute approximate surface area is 133 Å². The van der Waals surface area contributed by atoms with Crippen molar-refractivity contribution in [2.24, 2.45) is 0 Å². The zero-order chi connectivity index (χ0) is 15.2. The highest BCUT2D eigenvalue weighted by Gasteiger charge is 2.12. The summed E-state index contributed by atoms with van der Waals surface area (Å²) in [5, 5.41) is 3.61. The molecular formula is C19H25NS. The summed E-state index contributed by atoms with van der Waals surface area (Å²) >= 11 is 1.94. The maximum atomic E-state index is 3.61. The van der Waals surface area contributed by atoms with E-state index < -0.39 is 0 Å². The first kappa shape index (κ1) is 16.1.